The van der Waals surface area contributed by atoms with E-state index in [4.69, 9.17) is 0 Å². The number of aliphatic carboxylic acids is 1. The summed E-state index contributed by atoms with van der Waals surface area (Å²) in [5.74, 6) is -1.51. The second-order valence-electron chi connectivity index (χ2n) is 6.01. The number of carboxylic acid groups (broad SMARTS) is 1. The van der Waals surface area contributed by atoms with Crippen molar-refractivity contribution in [1.29, 1.82) is 0 Å². The number of pyridine rings is 1. The third-order valence-corrected chi connectivity index (χ3v) is 3.99. The largest absolute Gasteiger partial charge is 0.857 e. The van der Waals surface area contributed by atoms with E-state index in [2.05, 4.69) is 15.0 Å². The molecule has 0 spiro atoms. The Bertz CT molecular complexity index is 1020. The van der Waals surface area contributed by atoms with Gasteiger partial charge < -0.3 is 10.2 Å². The van der Waals surface area contributed by atoms with Gasteiger partial charge >= 0.3 is 5.97 Å². The standard InChI is InChI=1S/C22H19N3O3.Ni/c1-15(22(27)28)24-20(16-9-3-2-4-10-16)17-11-5-6-12-18(17)25-21(26)19-13-7-8-14-23-19;/h2-15H,1H3,(H,25,26)(H,27,28);/p-1. The molecule has 0 saturated heterocycles. The summed E-state index contributed by atoms with van der Waals surface area (Å²) in [7, 11) is 0. The number of nitrogens with zero attached hydrogens (tertiary/aromatic N) is 3. The molecule has 0 radical (unpaired) electrons. The first-order chi connectivity index (χ1) is 13.6. The molecule has 29 heavy (non-hydrogen) atoms. The van der Waals surface area contributed by atoms with Gasteiger partial charge in [0.25, 0.3) is 0 Å². The van der Waals surface area contributed by atoms with Crippen LogP contribution in [0.25, 0.3) is 0 Å². The normalized spacial score (nSPS) is 12.7. The molecule has 1 atom stereocenters. The van der Waals surface area contributed by atoms with Crippen LogP contribution in [0.4, 0.5) is 5.69 Å². The van der Waals surface area contributed by atoms with E-state index in [9.17, 15) is 15.0 Å². The molecule has 3 aromatic rings. The van der Waals surface area contributed by atoms with Crippen molar-refractivity contribution in [2.75, 3.05) is 0 Å². The molecule has 1 N–H and O–H groups in total. The van der Waals surface area contributed by atoms with E-state index in [-0.39, 0.29) is 22.2 Å². The number of para-hydroxylation sites is 1. The van der Waals surface area contributed by atoms with E-state index < -0.39 is 17.9 Å². The third kappa shape index (κ3) is 5.59. The minimum absolute atomic E-state index is 0. The van der Waals surface area contributed by atoms with Crippen LogP contribution in [0.5, 0.6) is 0 Å². The number of carboxylic acids is 1. The van der Waals surface area contributed by atoms with Gasteiger partial charge in [-0.25, -0.2) is 4.79 Å². The van der Waals surface area contributed by atoms with Gasteiger partial charge in [0.1, 0.15) is 6.04 Å². The van der Waals surface area contributed by atoms with Crippen molar-refractivity contribution < 1.29 is 31.5 Å². The monoisotopic (exact) mass is 430 g/mol. The fourth-order valence-corrected chi connectivity index (χ4v) is 2.57. The van der Waals surface area contributed by atoms with Gasteiger partial charge in [-0.1, -0.05) is 54.6 Å². The zero-order valence-electron chi connectivity index (χ0n) is 15.5. The van der Waals surface area contributed by atoms with Crippen molar-refractivity contribution in [1.82, 2.24) is 4.98 Å². The second-order valence-corrected chi connectivity index (χ2v) is 6.01. The Labute approximate surface area is 178 Å². The minimum atomic E-state index is -1.03. The van der Waals surface area contributed by atoms with Gasteiger partial charge in [0.2, 0.25) is 0 Å². The molecular formula is C22H18N3NiO3-. The summed E-state index contributed by atoms with van der Waals surface area (Å²) >= 11 is 0. The average molecular weight is 431 g/mol. The Morgan fingerprint density at radius 2 is 1.66 bits per heavy atom. The fraction of sp³-hybridized carbons (Fsp3) is 0.0909. The molecular weight excluding hydrogens is 413 g/mol. The van der Waals surface area contributed by atoms with E-state index >= 15 is 0 Å². The number of benzene rings is 2. The summed E-state index contributed by atoms with van der Waals surface area (Å²) in [6.07, 6.45) is 1.53. The summed E-state index contributed by atoms with van der Waals surface area (Å²) in [6, 6.07) is 20.3. The van der Waals surface area contributed by atoms with E-state index in [0.29, 0.717) is 17.0 Å². The topological polar surface area (TPSA) is 98.0 Å². The Balaban J connectivity index is 0.00000300. The van der Waals surface area contributed by atoms with Crippen LogP contribution in [0, 0.1) is 0 Å². The summed E-state index contributed by atoms with van der Waals surface area (Å²) in [6.45, 7) is 1.50. The zero-order valence-corrected chi connectivity index (χ0v) is 16.5. The van der Waals surface area contributed by atoms with Gasteiger partial charge in [-0.15, -0.1) is 0 Å². The molecule has 6 nitrogen and oxygen atoms in total. The van der Waals surface area contributed by atoms with Gasteiger partial charge in [-0.2, -0.15) is 0 Å². The molecule has 1 aromatic heterocycles. The van der Waals surface area contributed by atoms with Crippen LogP contribution < -0.4 is 5.11 Å². The van der Waals surface area contributed by atoms with Crippen LogP contribution in [-0.2, 0) is 21.3 Å². The Morgan fingerprint density at radius 1 is 1.00 bits per heavy atom. The fourth-order valence-electron chi connectivity index (χ4n) is 2.57. The second kappa shape index (κ2) is 10.3. The van der Waals surface area contributed by atoms with E-state index in [0.717, 1.165) is 5.56 Å². The molecule has 1 unspecified atom stereocenters. The van der Waals surface area contributed by atoms with E-state index in [1.165, 1.54) is 13.1 Å². The zero-order chi connectivity index (χ0) is 19.9. The predicted molar refractivity (Wildman–Crippen MR) is 106 cm³/mol. The van der Waals surface area contributed by atoms with E-state index in [1.54, 1.807) is 42.5 Å². The Morgan fingerprint density at radius 3 is 2.31 bits per heavy atom. The summed E-state index contributed by atoms with van der Waals surface area (Å²) in [5, 5.41) is 21.8. The number of hydrogen-bond donors (Lipinski definition) is 1. The van der Waals surface area contributed by atoms with Crippen molar-refractivity contribution in [2.45, 2.75) is 13.0 Å². The van der Waals surface area contributed by atoms with Crippen molar-refractivity contribution in [3.8, 4) is 0 Å². The molecule has 1 heterocycles. The molecule has 0 aliphatic carbocycles. The van der Waals surface area contributed by atoms with Gasteiger partial charge in [-0.3, -0.25) is 15.0 Å². The molecule has 0 bridgehead atoms. The molecule has 150 valence electrons. The van der Waals surface area contributed by atoms with Gasteiger partial charge in [0.15, 0.2) is 0 Å². The number of hydrogen-bond acceptors (Lipinski definition) is 5. The van der Waals surface area contributed by atoms with Crippen LogP contribution in [0.1, 0.15) is 23.7 Å². The maximum Gasteiger partial charge on any atom is 0.328 e. The maximum atomic E-state index is 12.5. The average Bonchev–Trinajstić information content (AvgIpc) is 2.73. The Kier molecular flexibility index (Phi) is 7.81. The SMILES string of the molecule is CC(N=C(c1ccccc1)c1ccccc1N=C([O-])c1ccccn1)C(=O)O.[Ni]. The molecule has 0 aliphatic rings. The van der Waals surface area contributed by atoms with Crippen molar-refractivity contribution >= 4 is 23.3 Å². The van der Waals surface area contributed by atoms with Crippen LogP contribution in [0.2, 0.25) is 0 Å². The van der Waals surface area contributed by atoms with Crippen molar-refractivity contribution in [2.24, 2.45) is 9.98 Å². The maximum absolute atomic E-state index is 12.5. The first-order valence-corrected chi connectivity index (χ1v) is 8.69. The summed E-state index contributed by atoms with van der Waals surface area (Å²) in [5.41, 5.74) is 2.41. The molecule has 2 aromatic carbocycles. The molecule has 0 fully saturated rings. The number of aromatic nitrogens is 1. The van der Waals surface area contributed by atoms with Crippen LogP contribution in [0.3, 0.4) is 0 Å². The Hall–Kier alpha value is -3.31. The van der Waals surface area contributed by atoms with Crippen LogP contribution in [0.15, 0.2) is 89.0 Å². The predicted octanol–water partition coefficient (Wildman–Crippen LogP) is 2.83. The quantitative estimate of drug-likeness (QED) is 0.369. The van der Waals surface area contributed by atoms with E-state index in [1.807, 2.05) is 30.3 Å². The van der Waals surface area contributed by atoms with Crippen LogP contribution >= 0.6 is 0 Å². The molecule has 7 heteroatoms. The number of rotatable bonds is 6. The number of carbonyl (C=O) groups is 1. The van der Waals surface area contributed by atoms with Gasteiger partial charge in [-0.05, 0) is 25.1 Å². The minimum Gasteiger partial charge on any atom is -0.857 e. The molecule has 0 amide bonds. The summed E-state index contributed by atoms with van der Waals surface area (Å²) in [4.78, 5) is 24.0. The van der Waals surface area contributed by atoms with Crippen LogP contribution in [-0.4, -0.2) is 33.7 Å². The van der Waals surface area contributed by atoms with Crippen molar-refractivity contribution in [3.05, 3.63) is 95.8 Å². The third-order valence-electron chi connectivity index (χ3n) is 3.99. The molecule has 0 aliphatic heterocycles. The van der Waals surface area contributed by atoms with Crippen molar-refractivity contribution in [3.63, 3.8) is 0 Å². The first kappa shape index (κ1) is 22.0. The van der Waals surface area contributed by atoms with Gasteiger partial charge in [0, 0.05) is 39.7 Å². The summed E-state index contributed by atoms with van der Waals surface area (Å²) < 4.78 is 0. The number of aliphatic imine (C=N–C) groups is 2. The first-order valence-electron chi connectivity index (χ1n) is 8.69. The van der Waals surface area contributed by atoms with Gasteiger partial charge in [0.05, 0.1) is 17.1 Å². The molecule has 0 saturated carbocycles. The molecule has 3 rings (SSSR count). The smallest absolute Gasteiger partial charge is 0.328 e.